The molecule has 1 aliphatic heterocycles. The number of aliphatic carboxylic acids is 1. The third-order valence-corrected chi connectivity index (χ3v) is 4.89. The highest BCUT2D eigenvalue weighted by Crippen LogP contribution is 2.36. The Balaban J connectivity index is 1.81. The van der Waals surface area contributed by atoms with Crippen LogP contribution in [0.2, 0.25) is 0 Å². The van der Waals surface area contributed by atoms with Gasteiger partial charge in [0.15, 0.2) is 0 Å². The topological polar surface area (TPSA) is 40.5 Å². The highest BCUT2D eigenvalue weighted by molar-refractivity contribution is 5.70. The van der Waals surface area contributed by atoms with Crippen LogP contribution in [0.4, 0.5) is 0 Å². The van der Waals surface area contributed by atoms with Crippen molar-refractivity contribution in [1.29, 1.82) is 0 Å². The summed E-state index contributed by atoms with van der Waals surface area (Å²) in [4.78, 5) is 13.4. The van der Waals surface area contributed by atoms with E-state index in [4.69, 9.17) is 5.11 Å². The summed E-state index contributed by atoms with van der Waals surface area (Å²) in [6.07, 6.45) is 3.97. The van der Waals surface area contributed by atoms with Crippen molar-refractivity contribution < 1.29 is 9.90 Å². The maximum Gasteiger partial charge on any atom is 0.306 e. The number of carboxylic acid groups (broad SMARTS) is 1. The summed E-state index contributed by atoms with van der Waals surface area (Å²) >= 11 is 0. The van der Waals surface area contributed by atoms with Gasteiger partial charge < -0.3 is 5.11 Å². The molecule has 4 unspecified atom stereocenters. The van der Waals surface area contributed by atoms with Gasteiger partial charge in [-0.15, -0.1) is 0 Å². The Morgan fingerprint density at radius 2 is 1.94 bits per heavy atom. The maximum atomic E-state index is 10.9. The van der Waals surface area contributed by atoms with E-state index in [0.717, 1.165) is 24.9 Å². The molecule has 0 amide bonds. The molecule has 98 valence electrons. The molecule has 1 saturated heterocycles. The minimum Gasteiger partial charge on any atom is -0.481 e. The summed E-state index contributed by atoms with van der Waals surface area (Å²) in [5.74, 6) is 1.21. The van der Waals surface area contributed by atoms with Gasteiger partial charge in [0.25, 0.3) is 0 Å². The minimum absolute atomic E-state index is 0.177. The van der Waals surface area contributed by atoms with Crippen LogP contribution in [0.25, 0.3) is 0 Å². The van der Waals surface area contributed by atoms with Crippen LogP contribution < -0.4 is 0 Å². The quantitative estimate of drug-likeness (QED) is 0.822. The van der Waals surface area contributed by atoms with Gasteiger partial charge in [-0.05, 0) is 37.0 Å². The predicted molar refractivity (Wildman–Crippen MR) is 67.8 cm³/mol. The lowest BCUT2D eigenvalue weighted by atomic mass is 9.76. The van der Waals surface area contributed by atoms with Crippen molar-refractivity contribution in [2.45, 2.75) is 46.1 Å². The number of rotatable bonds is 3. The van der Waals surface area contributed by atoms with Crippen LogP contribution in [0, 0.1) is 23.7 Å². The van der Waals surface area contributed by atoms with E-state index in [1.54, 1.807) is 0 Å². The highest BCUT2D eigenvalue weighted by Gasteiger charge is 2.40. The standard InChI is InChI=1S/C14H25NO2/c1-9-4-5-13(10(2)6-9)15-7-12(8-15)11(3)14(16)17/h9-13H,4-8H2,1-3H3,(H,16,17). The fourth-order valence-electron chi connectivity index (χ4n) is 3.53. The molecular weight excluding hydrogens is 214 g/mol. The first-order chi connectivity index (χ1) is 7.99. The van der Waals surface area contributed by atoms with Gasteiger partial charge in [0, 0.05) is 19.1 Å². The largest absolute Gasteiger partial charge is 0.481 e. The summed E-state index contributed by atoms with van der Waals surface area (Å²) in [5.41, 5.74) is 0. The Labute approximate surface area is 104 Å². The lowest BCUT2D eigenvalue weighted by Crippen LogP contribution is -2.57. The van der Waals surface area contributed by atoms with Crippen molar-refractivity contribution in [2.75, 3.05) is 13.1 Å². The third kappa shape index (κ3) is 2.65. The lowest BCUT2D eigenvalue weighted by Gasteiger charge is -2.50. The van der Waals surface area contributed by atoms with E-state index in [2.05, 4.69) is 18.7 Å². The molecule has 0 aromatic rings. The molecule has 1 N–H and O–H groups in total. The molecule has 17 heavy (non-hydrogen) atoms. The molecule has 0 aromatic heterocycles. The summed E-state index contributed by atoms with van der Waals surface area (Å²) < 4.78 is 0. The Hall–Kier alpha value is -0.570. The molecule has 2 fully saturated rings. The number of hydrogen-bond acceptors (Lipinski definition) is 2. The Bertz CT molecular complexity index is 286. The number of carboxylic acids is 1. The third-order valence-electron chi connectivity index (χ3n) is 4.89. The molecule has 2 rings (SSSR count). The molecule has 1 aliphatic carbocycles. The van der Waals surface area contributed by atoms with Crippen molar-refractivity contribution in [1.82, 2.24) is 4.90 Å². The Morgan fingerprint density at radius 1 is 1.29 bits per heavy atom. The summed E-state index contributed by atoms with van der Waals surface area (Å²) in [6.45, 7) is 8.54. The number of carbonyl (C=O) groups is 1. The first-order valence-corrected chi connectivity index (χ1v) is 6.96. The molecular formula is C14H25NO2. The van der Waals surface area contributed by atoms with Gasteiger partial charge in [0.1, 0.15) is 0 Å². The average molecular weight is 239 g/mol. The van der Waals surface area contributed by atoms with Crippen molar-refractivity contribution in [2.24, 2.45) is 23.7 Å². The summed E-state index contributed by atoms with van der Waals surface area (Å²) in [6, 6.07) is 0.712. The summed E-state index contributed by atoms with van der Waals surface area (Å²) in [7, 11) is 0. The second-order valence-corrected chi connectivity index (χ2v) is 6.30. The number of likely N-dealkylation sites (tertiary alicyclic amines) is 1. The molecule has 3 heteroatoms. The van der Waals surface area contributed by atoms with Crippen molar-refractivity contribution >= 4 is 5.97 Å². The van der Waals surface area contributed by atoms with Gasteiger partial charge >= 0.3 is 5.97 Å². The lowest BCUT2D eigenvalue weighted by molar-refractivity contribution is -0.146. The van der Waals surface area contributed by atoms with E-state index >= 15 is 0 Å². The van der Waals surface area contributed by atoms with Crippen LogP contribution in [0.5, 0.6) is 0 Å². The van der Waals surface area contributed by atoms with E-state index in [1.807, 2.05) is 6.92 Å². The van der Waals surface area contributed by atoms with Gasteiger partial charge in [0.05, 0.1) is 5.92 Å². The summed E-state index contributed by atoms with van der Waals surface area (Å²) in [5, 5.41) is 8.98. The molecule has 1 heterocycles. The van der Waals surface area contributed by atoms with E-state index in [9.17, 15) is 4.79 Å². The first-order valence-electron chi connectivity index (χ1n) is 6.96. The monoisotopic (exact) mass is 239 g/mol. The van der Waals surface area contributed by atoms with Crippen LogP contribution in [-0.2, 0) is 4.79 Å². The number of hydrogen-bond donors (Lipinski definition) is 1. The highest BCUT2D eigenvalue weighted by atomic mass is 16.4. The fourth-order valence-corrected chi connectivity index (χ4v) is 3.53. The zero-order valence-electron chi connectivity index (χ0n) is 11.2. The molecule has 4 atom stereocenters. The second kappa shape index (κ2) is 4.97. The average Bonchev–Trinajstić information content (AvgIpc) is 2.18. The van der Waals surface area contributed by atoms with Gasteiger partial charge in [-0.3, -0.25) is 9.69 Å². The molecule has 0 aromatic carbocycles. The van der Waals surface area contributed by atoms with Crippen LogP contribution >= 0.6 is 0 Å². The zero-order chi connectivity index (χ0) is 12.6. The maximum absolute atomic E-state index is 10.9. The van der Waals surface area contributed by atoms with Crippen LogP contribution in [0.15, 0.2) is 0 Å². The second-order valence-electron chi connectivity index (χ2n) is 6.30. The molecule has 2 aliphatic rings. The molecule has 0 radical (unpaired) electrons. The SMILES string of the molecule is CC1CCC(N2CC(C(C)C(=O)O)C2)C(C)C1. The predicted octanol–water partition coefficient (Wildman–Crippen LogP) is 2.46. The molecule has 1 saturated carbocycles. The Kier molecular flexibility index (Phi) is 3.76. The molecule has 0 bridgehead atoms. The normalized spacial score (nSPS) is 37.5. The van der Waals surface area contributed by atoms with E-state index < -0.39 is 5.97 Å². The van der Waals surface area contributed by atoms with Crippen LogP contribution in [0.3, 0.4) is 0 Å². The van der Waals surface area contributed by atoms with Gasteiger partial charge in [-0.2, -0.15) is 0 Å². The number of nitrogens with zero attached hydrogens (tertiary/aromatic N) is 1. The van der Waals surface area contributed by atoms with Gasteiger partial charge in [0.2, 0.25) is 0 Å². The van der Waals surface area contributed by atoms with E-state index in [1.165, 1.54) is 19.3 Å². The smallest absolute Gasteiger partial charge is 0.306 e. The van der Waals surface area contributed by atoms with Gasteiger partial charge in [-0.1, -0.05) is 20.8 Å². The minimum atomic E-state index is -0.639. The first kappa shape index (κ1) is 12.9. The van der Waals surface area contributed by atoms with E-state index in [0.29, 0.717) is 12.0 Å². The van der Waals surface area contributed by atoms with Crippen molar-refractivity contribution in [3.63, 3.8) is 0 Å². The van der Waals surface area contributed by atoms with Crippen molar-refractivity contribution in [3.05, 3.63) is 0 Å². The van der Waals surface area contributed by atoms with Crippen molar-refractivity contribution in [3.8, 4) is 0 Å². The Morgan fingerprint density at radius 3 is 2.47 bits per heavy atom. The molecule has 0 spiro atoms. The van der Waals surface area contributed by atoms with Crippen LogP contribution in [-0.4, -0.2) is 35.1 Å². The fraction of sp³-hybridized carbons (Fsp3) is 0.929. The molecule has 3 nitrogen and oxygen atoms in total. The zero-order valence-corrected chi connectivity index (χ0v) is 11.2. The van der Waals surface area contributed by atoms with Gasteiger partial charge in [-0.25, -0.2) is 0 Å². The van der Waals surface area contributed by atoms with Crippen LogP contribution in [0.1, 0.15) is 40.0 Å². The van der Waals surface area contributed by atoms with E-state index in [-0.39, 0.29) is 5.92 Å².